The van der Waals surface area contributed by atoms with Crippen LogP contribution in [0.25, 0.3) is 11.3 Å². The third-order valence-corrected chi connectivity index (χ3v) is 4.64. The molecule has 0 unspecified atom stereocenters. The molecule has 0 fully saturated rings. The Labute approximate surface area is 161 Å². The minimum Gasteiger partial charge on any atom is -0.354 e. The lowest BCUT2D eigenvalue weighted by molar-refractivity contribution is -0.110. The molecule has 0 saturated carbocycles. The molecule has 1 amide bonds. The van der Waals surface area contributed by atoms with E-state index in [0.717, 1.165) is 22.5 Å². The molecule has 0 aliphatic carbocycles. The summed E-state index contributed by atoms with van der Waals surface area (Å²) in [5, 5.41) is 7.50. The molecule has 5 heteroatoms. The minimum absolute atomic E-state index is 0.164. The Kier molecular flexibility index (Phi) is 4.41. The van der Waals surface area contributed by atoms with Crippen LogP contribution in [0, 0.1) is 0 Å². The number of benzene rings is 3. The van der Waals surface area contributed by atoms with Crippen LogP contribution in [-0.4, -0.2) is 5.91 Å². The van der Waals surface area contributed by atoms with Gasteiger partial charge in [0, 0.05) is 21.3 Å². The summed E-state index contributed by atoms with van der Waals surface area (Å²) < 4.78 is 0. The molecule has 1 aliphatic rings. The van der Waals surface area contributed by atoms with Crippen molar-refractivity contribution < 1.29 is 4.79 Å². The first-order valence-corrected chi connectivity index (χ1v) is 8.81. The van der Waals surface area contributed by atoms with Crippen LogP contribution in [0.4, 0.5) is 11.4 Å². The Morgan fingerprint density at radius 1 is 0.846 bits per heavy atom. The predicted molar refractivity (Wildman–Crippen MR) is 108 cm³/mol. The summed E-state index contributed by atoms with van der Waals surface area (Å²) in [6, 6.07) is 22.5. The van der Waals surface area contributed by atoms with Crippen LogP contribution in [0.2, 0.25) is 10.0 Å². The summed E-state index contributed by atoms with van der Waals surface area (Å²) in [4.78, 5) is 12.7. The Hall–Kier alpha value is -2.75. The molecular formula is C21H14Cl2N2O. The van der Waals surface area contributed by atoms with Gasteiger partial charge in [-0.1, -0.05) is 59.6 Å². The second-order valence-electron chi connectivity index (χ2n) is 5.89. The zero-order valence-corrected chi connectivity index (χ0v) is 15.1. The monoisotopic (exact) mass is 380 g/mol. The maximum Gasteiger partial charge on any atom is 0.258 e. The van der Waals surface area contributed by atoms with Gasteiger partial charge in [-0.25, -0.2) is 0 Å². The normalized spacial score (nSPS) is 14.6. The van der Waals surface area contributed by atoms with Crippen LogP contribution in [0.5, 0.6) is 0 Å². The fraction of sp³-hybridized carbons (Fsp3) is 0. The first-order chi connectivity index (χ1) is 12.6. The molecule has 26 heavy (non-hydrogen) atoms. The van der Waals surface area contributed by atoms with Gasteiger partial charge in [0.2, 0.25) is 0 Å². The minimum atomic E-state index is -0.164. The number of halogens is 2. The van der Waals surface area contributed by atoms with Gasteiger partial charge in [0.25, 0.3) is 5.91 Å². The van der Waals surface area contributed by atoms with E-state index in [1.54, 1.807) is 24.3 Å². The van der Waals surface area contributed by atoms with Crippen LogP contribution >= 0.6 is 23.2 Å². The molecule has 128 valence electrons. The van der Waals surface area contributed by atoms with E-state index < -0.39 is 0 Å². The lowest BCUT2D eigenvalue weighted by Gasteiger charge is -2.15. The van der Waals surface area contributed by atoms with Crippen molar-refractivity contribution in [2.24, 2.45) is 0 Å². The average molecular weight is 381 g/mol. The molecule has 2 N–H and O–H groups in total. The second kappa shape index (κ2) is 6.87. The highest BCUT2D eigenvalue weighted by atomic mass is 35.5. The van der Waals surface area contributed by atoms with Gasteiger partial charge in [-0.3, -0.25) is 4.79 Å². The number of anilines is 2. The van der Waals surface area contributed by atoms with Crippen molar-refractivity contribution in [2.45, 2.75) is 0 Å². The zero-order valence-electron chi connectivity index (χ0n) is 13.6. The van der Waals surface area contributed by atoms with Crippen molar-refractivity contribution in [1.29, 1.82) is 0 Å². The molecule has 0 saturated heterocycles. The quantitative estimate of drug-likeness (QED) is 0.553. The Morgan fingerprint density at radius 3 is 2.27 bits per heavy atom. The van der Waals surface area contributed by atoms with Gasteiger partial charge in [0.15, 0.2) is 0 Å². The molecule has 3 nitrogen and oxygen atoms in total. The summed E-state index contributed by atoms with van der Waals surface area (Å²) in [5.74, 6) is -0.164. The molecule has 3 aromatic rings. The number of carbonyl (C=O) groups is 1. The lowest BCUT2D eigenvalue weighted by Crippen LogP contribution is -2.10. The van der Waals surface area contributed by atoms with Crippen molar-refractivity contribution in [3.8, 4) is 0 Å². The zero-order chi connectivity index (χ0) is 18.1. The number of hydrogen-bond donors (Lipinski definition) is 2. The fourth-order valence-electron chi connectivity index (χ4n) is 2.95. The van der Waals surface area contributed by atoms with Gasteiger partial charge in [-0.15, -0.1) is 0 Å². The maximum atomic E-state index is 12.7. The SMILES string of the molecule is O=C1Nc2cc(Cl)ccc2C1=C(Nc1ccc(Cl)cc1)c1ccccc1. The van der Waals surface area contributed by atoms with Crippen molar-refractivity contribution in [3.05, 3.63) is 94.0 Å². The summed E-state index contributed by atoms with van der Waals surface area (Å²) in [6.45, 7) is 0. The molecule has 0 bridgehead atoms. The first-order valence-electron chi connectivity index (χ1n) is 8.05. The van der Waals surface area contributed by atoms with E-state index in [1.807, 2.05) is 48.5 Å². The number of carbonyl (C=O) groups excluding carboxylic acids is 1. The highest BCUT2D eigenvalue weighted by molar-refractivity contribution is 6.38. The van der Waals surface area contributed by atoms with Crippen LogP contribution < -0.4 is 10.6 Å². The Morgan fingerprint density at radius 2 is 1.54 bits per heavy atom. The second-order valence-corrected chi connectivity index (χ2v) is 6.76. The molecule has 1 aliphatic heterocycles. The summed E-state index contributed by atoms with van der Waals surface area (Å²) >= 11 is 12.0. The van der Waals surface area contributed by atoms with E-state index in [4.69, 9.17) is 23.2 Å². The molecule has 4 rings (SSSR count). The lowest BCUT2D eigenvalue weighted by atomic mass is 10.00. The van der Waals surface area contributed by atoms with E-state index in [-0.39, 0.29) is 5.91 Å². The van der Waals surface area contributed by atoms with Crippen LogP contribution in [0.3, 0.4) is 0 Å². The number of amides is 1. The van der Waals surface area contributed by atoms with Crippen molar-refractivity contribution in [1.82, 2.24) is 0 Å². The highest BCUT2D eigenvalue weighted by Gasteiger charge is 2.28. The molecule has 0 atom stereocenters. The summed E-state index contributed by atoms with van der Waals surface area (Å²) in [5.41, 5.74) is 4.60. The van der Waals surface area contributed by atoms with E-state index >= 15 is 0 Å². The van der Waals surface area contributed by atoms with E-state index in [0.29, 0.717) is 21.3 Å². The van der Waals surface area contributed by atoms with Crippen molar-refractivity contribution in [2.75, 3.05) is 10.6 Å². The third kappa shape index (κ3) is 3.19. The number of hydrogen-bond acceptors (Lipinski definition) is 2. The van der Waals surface area contributed by atoms with E-state index in [2.05, 4.69) is 10.6 Å². The van der Waals surface area contributed by atoms with Crippen LogP contribution in [-0.2, 0) is 4.79 Å². The van der Waals surface area contributed by atoms with Crippen molar-refractivity contribution in [3.63, 3.8) is 0 Å². The standard InChI is InChI=1S/C21H14Cl2N2O/c22-14-6-9-16(10-7-14)24-20(13-4-2-1-3-5-13)19-17-11-8-15(23)12-18(17)25-21(19)26/h1-12,24H,(H,25,26). The summed E-state index contributed by atoms with van der Waals surface area (Å²) in [6.07, 6.45) is 0. The number of fused-ring (bicyclic) bond motifs is 1. The maximum absolute atomic E-state index is 12.7. The topological polar surface area (TPSA) is 41.1 Å². The van der Waals surface area contributed by atoms with Crippen LogP contribution in [0.15, 0.2) is 72.8 Å². The van der Waals surface area contributed by atoms with E-state index in [9.17, 15) is 4.79 Å². The molecule has 0 spiro atoms. The third-order valence-electron chi connectivity index (χ3n) is 4.15. The van der Waals surface area contributed by atoms with Gasteiger partial charge in [-0.2, -0.15) is 0 Å². The van der Waals surface area contributed by atoms with Gasteiger partial charge in [0.1, 0.15) is 0 Å². The molecule has 3 aromatic carbocycles. The van der Waals surface area contributed by atoms with Crippen molar-refractivity contribution >= 4 is 51.8 Å². The molecule has 0 radical (unpaired) electrons. The van der Waals surface area contributed by atoms with Gasteiger partial charge < -0.3 is 10.6 Å². The predicted octanol–water partition coefficient (Wildman–Crippen LogP) is 5.93. The van der Waals surface area contributed by atoms with Crippen LogP contribution in [0.1, 0.15) is 11.1 Å². The largest absolute Gasteiger partial charge is 0.354 e. The molecular weight excluding hydrogens is 367 g/mol. The first kappa shape index (κ1) is 16.7. The summed E-state index contributed by atoms with van der Waals surface area (Å²) in [7, 11) is 0. The van der Waals surface area contributed by atoms with Gasteiger partial charge >= 0.3 is 0 Å². The molecule has 1 heterocycles. The number of rotatable bonds is 3. The molecule has 0 aromatic heterocycles. The van der Waals surface area contributed by atoms with E-state index in [1.165, 1.54) is 0 Å². The average Bonchev–Trinajstić information content (AvgIpc) is 2.97. The Bertz CT molecular complexity index is 1010. The fourth-order valence-corrected chi connectivity index (χ4v) is 3.25. The number of nitrogens with one attached hydrogen (secondary N) is 2. The Balaban J connectivity index is 1.89. The highest BCUT2D eigenvalue weighted by Crippen LogP contribution is 2.38. The smallest absolute Gasteiger partial charge is 0.258 e. The van der Waals surface area contributed by atoms with Gasteiger partial charge in [-0.05, 0) is 42.0 Å². The van der Waals surface area contributed by atoms with Gasteiger partial charge in [0.05, 0.1) is 17.0 Å².